The molecule has 0 amide bonds. The normalized spacial score (nSPS) is 25.9. The van der Waals surface area contributed by atoms with Crippen molar-refractivity contribution in [3.8, 4) is 5.75 Å². The summed E-state index contributed by atoms with van der Waals surface area (Å²) in [6.07, 6.45) is 1.96. The predicted octanol–water partition coefficient (Wildman–Crippen LogP) is 3.84. The summed E-state index contributed by atoms with van der Waals surface area (Å²) in [5.41, 5.74) is 0.297. The molecule has 0 spiro atoms. The molecule has 4 heteroatoms. The lowest BCUT2D eigenvalue weighted by Gasteiger charge is -2.29. The van der Waals surface area contributed by atoms with Crippen molar-refractivity contribution in [2.24, 2.45) is 0 Å². The molecule has 17 heavy (non-hydrogen) atoms. The van der Waals surface area contributed by atoms with Crippen LogP contribution in [0.1, 0.15) is 30.2 Å². The summed E-state index contributed by atoms with van der Waals surface area (Å²) < 4.78 is 24.7. The average Bonchev–Trinajstić information content (AvgIpc) is 2.76. The van der Waals surface area contributed by atoms with Crippen LogP contribution in [0.3, 0.4) is 0 Å². The van der Waals surface area contributed by atoms with Crippen LogP contribution in [-0.4, -0.2) is 19.3 Å². The molecule has 1 aromatic carbocycles. The molecule has 1 heterocycles. The second-order valence-corrected chi connectivity index (χ2v) is 5.43. The molecule has 2 rings (SSSR count). The van der Waals surface area contributed by atoms with Crippen LogP contribution in [0, 0.1) is 5.82 Å². The highest BCUT2D eigenvalue weighted by Crippen LogP contribution is 2.44. The Morgan fingerprint density at radius 2 is 2.29 bits per heavy atom. The summed E-state index contributed by atoms with van der Waals surface area (Å²) in [4.78, 5) is -0.136. The van der Waals surface area contributed by atoms with E-state index in [-0.39, 0.29) is 16.2 Å². The maximum absolute atomic E-state index is 13.9. The molecule has 0 saturated carbocycles. The van der Waals surface area contributed by atoms with Crippen LogP contribution < -0.4 is 4.74 Å². The Labute approximate surface area is 109 Å². The Morgan fingerprint density at radius 1 is 1.53 bits per heavy atom. The van der Waals surface area contributed by atoms with Gasteiger partial charge in [0.15, 0.2) is 0 Å². The molecule has 0 bridgehead atoms. The molecule has 2 atom stereocenters. The summed E-state index contributed by atoms with van der Waals surface area (Å²) >= 11 is 3.56. The zero-order chi connectivity index (χ0) is 12.5. The molecule has 0 aromatic heterocycles. The van der Waals surface area contributed by atoms with E-state index in [2.05, 4.69) is 15.9 Å². The number of methoxy groups -OCH3 is 1. The molecule has 0 aliphatic carbocycles. The van der Waals surface area contributed by atoms with E-state index >= 15 is 0 Å². The minimum Gasteiger partial charge on any atom is -0.497 e. The zero-order valence-corrected chi connectivity index (χ0v) is 11.6. The largest absolute Gasteiger partial charge is 0.497 e. The smallest absolute Gasteiger partial charge is 0.131 e. The highest BCUT2D eigenvalue weighted by atomic mass is 79.9. The summed E-state index contributed by atoms with van der Waals surface area (Å²) in [7, 11) is 1.53. The second-order valence-electron chi connectivity index (χ2n) is 4.51. The number of benzene rings is 1. The maximum Gasteiger partial charge on any atom is 0.131 e. The highest BCUT2D eigenvalue weighted by Gasteiger charge is 2.38. The first-order valence-corrected chi connectivity index (χ1v) is 6.60. The Hall–Kier alpha value is -0.610. The van der Waals surface area contributed by atoms with E-state index in [9.17, 15) is 4.39 Å². The van der Waals surface area contributed by atoms with Crippen molar-refractivity contribution in [1.82, 2.24) is 0 Å². The molecule has 0 radical (unpaired) electrons. The monoisotopic (exact) mass is 302 g/mol. The Balaban J connectivity index is 2.27. The van der Waals surface area contributed by atoms with Crippen LogP contribution >= 0.6 is 15.9 Å². The third-order valence-corrected chi connectivity index (χ3v) is 4.73. The van der Waals surface area contributed by atoms with Crippen molar-refractivity contribution in [3.63, 3.8) is 0 Å². The van der Waals surface area contributed by atoms with Gasteiger partial charge in [-0.1, -0.05) is 22.0 Å². The lowest BCUT2D eigenvalue weighted by atomic mass is 9.93. The molecular formula is C13H16BrFO2. The quantitative estimate of drug-likeness (QED) is 0.790. The molecule has 1 fully saturated rings. The van der Waals surface area contributed by atoms with Crippen LogP contribution in [0.5, 0.6) is 5.75 Å². The van der Waals surface area contributed by atoms with Crippen molar-refractivity contribution in [3.05, 3.63) is 29.6 Å². The SMILES string of the molecule is COc1ccc(C(Br)C2(C)CCCO2)c(F)c1. The van der Waals surface area contributed by atoms with Gasteiger partial charge in [0.1, 0.15) is 11.6 Å². The van der Waals surface area contributed by atoms with Gasteiger partial charge in [-0.25, -0.2) is 4.39 Å². The number of hydrogen-bond donors (Lipinski definition) is 0. The number of rotatable bonds is 3. The summed E-state index contributed by atoms with van der Waals surface area (Å²) in [5, 5.41) is 0. The number of halogens is 2. The minimum atomic E-state index is -0.324. The zero-order valence-electron chi connectivity index (χ0n) is 10.0. The fourth-order valence-electron chi connectivity index (χ4n) is 2.17. The average molecular weight is 303 g/mol. The van der Waals surface area contributed by atoms with Gasteiger partial charge in [-0.2, -0.15) is 0 Å². The first-order chi connectivity index (χ1) is 8.07. The van der Waals surface area contributed by atoms with Gasteiger partial charge in [-0.15, -0.1) is 0 Å². The number of ether oxygens (including phenoxy) is 2. The van der Waals surface area contributed by atoms with Crippen molar-refractivity contribution >= 4 is 15.9 Å². The molecule has 94 valence electrons. The first-order valence-electron chi connectivity index (χ1n) is 5.68. The molecule has 2 nitrogen and oxygen atoms in total. The lowest BCUT2D eigenvalue weighted by Crippen LogP contribution is -2.29. The van der Waals surface area contributed by atoms with E-state index in [0.29, 0.717) is 11.3 Å². The summed E-state index contributed by atoms with van der Waals surface area (Å²) in [6.45, 7) is 2.76. The molecule has 1 aliphatic heterocycles. The third kappa shape index (κ3) is 2.47. The molecule has 1 aliphatic rings. The molecule has 1 saturated heterocycles. The van der Waals surface area contributed by atoms with Gasteiger partial charge in [0.2, 0.25) is 0 Å². The van der Waals surface area contributed by atoms with Crippen molar-refractivity contribution in [1.29, 1.82) is 0 Å². The van der Waals surface area contributed by atoms with E-state index in [1.54, 1.807) is 12.1 Å². The standard InChI is InChI=1S/C13H16BrFO2/c1-13(6-3-7-17-13)12(14)10-5-4-9(16-2)8-11(10)15/h4-5,8,12H,3,6-7H2,1-2H3. The van der Waals surface area contributed by atoms with E-state index in [1.165, 1.54) is 13.2 Å². The van der Waals surface area contributed by atoms with Gasteiger partial charge in [-0.05, 0) is 25.8 Å². The van der Waals surface area contributed by atoms with Gasteiger partial charge in [-0.3, -0.25) is 0 Å². The topological polar surface area (TPSA) is 18.5 Å². The fraction of sp³-hybridized carbons (Fsp3) is 0.538. The molecular weight excluding hydrogens is 287 g/mol. The Kier molecular flexibility index (Phi) is 3.73. The maximum atomic E-state index is 13.9. The van der Waals surface area contributed by atoms with Crippen molar-refractivity contribution in [2.45, 2.75) is 30.2 Å². The van der Waals surface area contributed by atoms with Gasteiger partial charge < -0.3 is 9.47 Å². The Morgan fingerprint density at radius 3 is 2.82 bits per heavy atom. The molecule has 2 unspecified atom stereocenters. The molecule has 1 aromatic rings. The van der Waals surface area contributed by atoms with Crippen LogP contribution in [0.4, 0.5) is 4.39 Å². The van der Waals surface area contributed by atoms with E-state index in [4.69, 9.17) is 9.47 Å². The molecule has 0 N–H and O–H groups in total. The van der Waals surface area contributed by atoms with Crippen molar-refractivity contribution in [2.75, 3.05) is 13.7 Å². The number of alkyl halides is 1. The van der Waals surface area contributed by atoms with Gasteiger partial charge in [0.05, 0.1) is 17.5 Å². The highest BCUT2D eigenvalue weighted by molar-refractivity contribution is 9.09. The van der Waals surface area contributed by atoms with Gasteiger partial charge in [0, 0.05) is 18.2 Å². The minimum absolute atomic E-state index is 0.136. The van der Waals surface area contributed by atoms with E-state index in [1.807, 2.05) is 6.92 Å². The Bertz CT molecular complexity index is 402. The second kappa shape index (κ2) is 4.94. The summed E-state index contributed by atoms with van der Waals surface area (Å²) in [5.74, 6) is 0.270. The van der Waals surface area contributed by atoms with Crippen LogP contribution in [0.25, 0.3) is 0 Å². The van der Waals surface area contributed by atoms with Crippen molar-refractivity contribution < 1.29 is 13.9 Å². The lowest BCUT2D eigenvalue weighted by molar-refractivity contribution is 0.0191. The van der Waals surface area contributed by atoms with Gasteiger partial charge in [0.25, 0.3) is 0 Å². The van der Waals surface area contributed by atoms with E-state index in [0.717, 1.165) is 19.4 Å². The van der Waals surface area contributed by atoms with Gasteiger partial charge >= 0.3 is 0 Å². The predicted molar refractivity (Wildman–Crippen MR) is 68.2 cm³/mol. The third-order valence-electron chi connectivity index (χ3n) is 3.27. The summed E-state index contributed by atoms with van der Waals surface area (Å²) in [6, 6.07) is 4.92. The van der Waals surface area contributed by atoms with Crippen LogP contribution in [0.2, 0.25) is 0 Å². The number of hydrogen-bond acceptors (Lipinski definition) is 2. The van der Waals surface area contributed by atoms with Crippen LogP contribution in [-0.2, 0) is 4.74 Å². The van der Waals surface area contributed by atoms with Crippen LogP contribution in [0.15, 0.2) is 18.2 Å². The van der Waals surface area contributed by atoms with E-state index < -0.39 is 0 Å². The fourth-order valence-corrected chi connectivity index (χ4v) is 2.90. The first kappa shape index (κ1) is 12.8.